The lowest BCUT2D eigenvalue weighted by atomic mass is 10.0. The number of rotatable bonds is 6. The number of hydrogen-bond acceptors (Lipinski definition) is 6. The second-order valence-corrected chi connectivity index (χ2v) is 8.92. The van der Waals surface area contributed by atoms with E-state index in [1.165, 1.54) is 6.92 Å². The molecule has 7 nitrogen and oxygen atoms in total. The van der Waals surface area contributed by atoms with Gasteiger partial charge < -0.3 is 9.64 Å². The zero-order valence-electron chi connectivity index (χ0n) is 18.4. The maximum absolute atomic E-state index is 13.0. The number of pyridine rings is 1. The van der Waals surface area contributed by atoms with E-state index in [1.54, 1.807) is 35.3 Å². The molecule has 0 unspecified atom stereocenters. The first-order valence-electron chi connectivity index (χ1n) is 10.7. The number of anilines is 1. The van der Waals surface area contributed by atoms with E-state index in [4.69, 9.17) is 27.9 Å². The van der Waals surface area contributed by atoms with Crippen LogP contribution < -0.4 is 4.90 Å². The molecule has 0 bridgehead atoms. The van der Waals surface area contributed by atoms with Crippen LogP contribution in [0.3, 0.4) is 0 Å². The third-order valence-corrected chi connectivity index (χ3v) is 6.23. The van der Waals surface area contributed by atoms with Gasteiger partial charge in [-0.05, 0) is 42.8 Å². The molecule has 3 heterocycles. The first kappa shape index (κ1) is 23.3. The molecule has 1 fully saturated rings. The van der Waals surface area contributed by atoms with Crippen molar-refractivity contribution in [3.63, 3.8) is 0 Å². The van der Waals surface area contributed by atoms with Crippen LogP contribution in [0.2, 0.25) is 10.0 Å². The molecule has 0 spiro atoms. The fraction of sp³-hybridized carbons (Fsp3) is 0.333. The minimum atomic E-state index is -0.257. The van der Waals surface area contributed by atoms with Crippen molar-refractivity contribution in [3.05, 3.63) is 69.6 Å². The average Bonchev–Trinajstić information content (AvgIpc) is 3.16. The summed E-state index contributed by atoms with van der Waals surface area (Å²) in [6.07, 6.45) is 4.85. The van der Waals surface area contributed by atoms with Gasteiger partial charge in [-0.1, -0.05) is 23.2 Å². The molecule has 3 aromatic rings. The zero-order valence-corrected chi connectivity index (χ0v) is 19.9. The van der Waals surface area contributed by atoms with Gasteiger partial charge in [0.05, 0.1) is 28.2 Å². The monoisotopic (exact) mass is 486 g/mol. The van der Waals surface area contributed by atoms with Crippen LogP contribution in [-0.2, 0) is 16.0 Å². The molecular weight excluding hydrogens is 463 g/mol. The molecule has 33 heavy (non-hydrogen) atoms. The molecular formula is C24H24Cl2N4O3. The second-order valence-electron chi connectivity index (χ2n) is 8.08. The van der Waals surface area contributed by atoms with Gasteiger partial charge in [-0.3, -0.25) is 9.59 Å². The van der Waals surface area contributed by atoms with Gasteiger partial charge in [0.2, 0.25) is 0 Å². The SMILES string of the molecule is CC(=O)OC1CCN(c2ncc(CC(=O)c3cnn(-c4ccc(Cl)cc4)c3C)cc2Cl)CC1. The molecule has 0 N–H and O–H groups in total. The Labute approximate surface area is 202 Å². The average molecular weight is 487 g/mol. The zero-order chi connectivity index (χ0) is 23.5. The number of ether oxygens (including phenoxy) is 1. The molecule has 2 aromatic heterocycles. The van der Waals surface area contributed by atoms with Gasteiger partial charge in [-0.25, -0.2) is 9.67 Å². The lowest BCUT2D eigenvalue weighted by Gasteiger charge is -2.32. The Hall–Kier alpha value is -2.90. The predicted molar refractivity (Wildman–Crippen MR) is 128 cm³/mol. The summed E-state index contributed by atoms with van der Waals surface area (Å²) in [7, 11) is 0. The Bertz CT molecular complexity index is 1170. The summed E-state index contributed by atoms with van der Waals surface area (Å²) in [4.78, 5) is 30.7. The molecule has 4 rings (SSSR count). The van der Waals surface area contributed by atoms with Crippen molar-refractivity contribution in [2.45, 2.75) is 39.2 Å². The smallest absolute Gasteiger partial charge is 0.302 e. The molecule has 0 aliphatic carbocycles. The lowest BCUT2D eigenvalue weighted by molar-refractivity contribution is -0.147. The number of carbonyl (C=O) groups excluding carboxylic acids is 2. The number of ketones is 1. The topological polar surface area (TPSA) is 77.3 Å². The minimum Gasteiger partial charge on any atom is -0.462 e. The summed E-state index contributed by atoms with van der Waals surface area (Å²) >= 11 is 12.5. The van der Waals surface area contributed by atoms with E-state index >= 15 is 0 Å². The standard InChI is InChI=1S/C24H24Cl2N4O3/c1-15-21(14-28-30(15)19-5-3-18(25)4-6-19)23(32)12-17-11-22(26)24(27-13-17)29-9-7-20(8-10-29)33-16(2)31/h3-6,11,13-14,20H,7-10,12H2,1-2H3. The number of hydrogen-bond donors (Lipinski definition) is 0. The molecule has 172 valence electrons. The molecule has 1 aliphatic heterocycles. The van der Waals surface area contributed by atoms with E-state index in [1.807, 2.05) is 19.1 Å². The quantitative estimate of drug-likeness (QED) is 0.366. The minimum absolute atomic E-state index is 0.0551. The van der Waals surface area contributed by atoms with Crippen LogP contribution in [0.4, 0.5) is 5.82 Å². The first-order valence-corrected chi connectivity index (χ1v) is 11.5. The summed E-state index contributed by atoms with van der Waals surface area (Å²) in [6, 6.07) is 9.07. The van der Waals surface area contributed by atoms with Crippen LogP contribution in [0.25, 0.3) is 5.69 Å². The molecule has 1 aromatic carbocycles. The van der Waals surface area contributed by atoms with Crippen molar-refractivity contribution in [1.82, 2.24) is 14.8 Å². The molecule has 0 atom stereocenters. The van der Waals surface area contributed by atoms with Gasteiger partial charge in [-0.15, -0.1) is 0 Å². The van der Waals surface area contributed by atoms with Gasteiger partial charge in [-0.2, -0.15) is 5.10 Å². The van der Waals surface area contributed by atoms with E-state index in [2.05, 4.69) is 15.0 Å². The molecule has 0 amide bonds. The van der Waals surface area contributed by atoms with Crippen LogP contribution >= 0.6 is 23.2 Å². The molecule has 1 aliphatic rings. The number of piperidine rings is 1. The van der Waals surface area contributed by atoms with Gasteiger partial charge in [0.1, 0.15) is 11.9 Å². The Morgan fingerprint density at radius 3 is 2.45 bits per heavy atom. The Kier molecular flexibility index (Phi) is 7.00. The van der Waals surface area contributed by atoms with E-state index in [0.29, 0.717) is 34.5 Å². The highest BCUT2D eigenvalue weighted by atomic mass is 35.5. The summed E-state index contributed by atoms with van der Waals surface area (Å²) in [5, 5.41) is 5.51. The maximum atomic E-state index is 13.0. The summed E-state index contributed by atoms with van der Waals surface area (Å²) < 4.78 is 7.01. The second kappa shape index (κ2) is 9.93. The van der Waals surface area contributed by atoms with Crippen molar-refractivity contribution in [3.8, 4) is 5.69 Å². The van der Waals surface area contributed by atoms with Crippen LogP contribution in [0.5, 0.6) is 0 Å². The van der Waals surface area contributed by atoms with Crippen molar-refractivity contribution in [1.29, 1.82) is 0 Å². The van der Waals surface area contributed by atoms with Crippen molar-refractivity contribution >= 4 is 40.8 Å². The number of esters is 1. The fourth-order valence-electron chi connectivity index (χ4n) is 4.03. The van der Waals surface area contributed by atoms with Crippen molar-refractivity contribution < 1.29 is 14.3 Å². The van der Waals surface area contributed by atoms with E-state index in [9.17, 15) is 9.59 Å². The number of nitrogens with zero attached hydrogens (tertiary/aromatic N) is 4. The lowest BCUT2D eigenvalue weighted by Crippen LogP contribution is -2.38. The van der Waals surface area contributed by atoms with Crippen LogP contribution in [0.1, 0.15) is 41.4 Å². The highest BCUT2D eigenvalue weighted by Crippen LogP contribution is 2.28. The normalized spacial score (nSPS) is 14.4. The first-order chi connectivity index (χ1) is 15.8. The van der Waals surface area contributed by atoms with Gasteiger partial charge >= 0.3 is 5.97 Å². The highest BCUT2D eigenvalue weighted by Gasteiger charge is 2.24. The van der Waals surface area contributed by atoms with E-state index < -0.39 is 0 Å². The Morgan fingerprint density at radius 2 is 1.82 bits per heavy atom. The Morgan fingerprint density at radius 1 is 1.12 bits per heavy atom. The number of halogens is 2. The van der Waals surface area contributed by atoms with Gasteiger partial charge in [0, 0.05) is 50.5 Å². The summed E-state index contributed by atoms with van der Waals surface area (Å²) in [6.45, 7) is 4.69. The Balaban J connectivity index is 1.43. The molecule has 9 heteroatoms. The summed E-state index contributed by atoms with van der Waals surface area (Å²) in [5.74, 6) is 0.369. The van der Waals surface area contributed by atoms with Crippen molar-refractivity contribution in [2.24, 2.45) is 0 Å². The molecule has 0 saturated carbocycles. The van der Waals surface area contributed by atoms with E-state index in [0.717, 1.165) is 29.8 Å². The molecule has 1 saturated heterocycles. The largest absolute Gasteiger partial charge is 0.462 e. The third-order valence-electron chi connectivity index (χ3n) is 5.70. The van der Waals surface area contributed by atoms with Crippen LogP contribution in [0, 0.1) is 6.92 Å². The molecule has 0 radical (unpaired) electrons. The third kappa shape index (κ3) is 5.37. The number of benzene rings is 1. The van der Waals surface area contributed by atoms with Crippen molar-refractivity contribution in [2.75, 3.05) is 18.0 Å². The number of carbonyl (C=O) groups is 2. The van der Waals surface area contributed by atoms with Crippen LogP contribution in [0.15, 0.2) is 42.7 Å². The summed E-state index contributed by atoms with van der Waals surface area (Å²) in [5.41, 5.74) is 2.89. The number of Topliss-reactive ketones (excluding diaryl/α,β-unsaturated/α-hetero) is 1. The highest BCUT2D eigenvalue weighted by molar-refractivity contribution is 6.33. The predicted octanol–water partition coefficient (Wildman–Crippen LogP) is 4.84. The van der Waals surface area contributed by atoms with Crippen LogP contribution in [-0.4, -0.2) is 45.7 Å². The fourth-order valence-corrected chi connectivity index (χ4v) is 4.46. The van der Waals surface area contributed by atoms with Gasteiger partial charge in [0.15, 0.2) is 5.78 Å². The van der Waals surface area contributed by atoms with Gasteiger partial charge in [0.25, 0.3) is 0 Å². The van der Waals surface area contributed by atoms with E-state index in [-0.39, 0.29) is 24.3 Å². The number of aromatic nitrogens is 3. The maximum Gasteiger partial charge on any atom is 0.302 e.